The first-order valence-corrected chi connectivity index (χ1v) is 7.69. The van der Waals surface area contributed by atoms with Crippen LogP contribution in [-0.2, 0) is 13.0 Å². The molecule has 1 unspecified atom stereocenters. The molecule has 2 aromatic rings. The summed E-state index contributed by atoms with van der Waals surface area (Å²) in [5.41, 5.74) is 4.27. The summed E-state index contributed by atoms with van der Waals surface area (Å²) >= 11 is 0. The molecule has 21 heavy (non-hydrogen) atoms. The van der Waals surface area contributed by atoms with Crippen LogP contribution in [0.25, 0.3) is 0 Å². The zero-order valence-electron chi connectivity index (χ0n) is 12.9. The SMILES string of the molecule is COc1ccccc1CN(C)C1CCCc2ccccc21. The zero-order valence-corrected chi connectivity index (χ0v) is 12.9. The Kier molecular flexibility index (Phi) is 4.26. The minimum atomic E-state index is 0.514. The lowest BCUT2D eigenvalue weighted by atomic mass is 9.87. The van der Waals surface area contributed by atoms with E-state index in [0.717, 1.165) is 12.3 Å². The largest absolute Gasteiger partial charge is 0.496 e. The summed E-state index contributed by atoms with van der Waals surface area (Å²) in [7, 11) is 3.97. The summed E-state index contributed by atoms with van der Waals surface area (Å²) in [5, 5.41) is 0. The molecule has 1 aliphatic carbocycles. The van der Waals surface area contributed by atoms with Crippen LogP contribution in [0.4, 0.5) is 0 Å². The lowest BCUT2D eigenvalue weighted by Crippen LogP contribution is -2.27. The van der Waals surface area contributed by atoms with Gasteiger partial charge in [0.1, 0.15) is 5.75 Å². The van der Waals surface area contributed by atoms with Gasteiger partial charge in [-0.3, -0.25) is 4.90 Å². The summed E-state index contributed by atoms with van der Waals surface area (Å²) in [6, 6.07) is 17.7. The van der Waals surface area contributed by atoms with E-state index >= 15 is 0 Å². The number of rotatable bonds is 4. The predicted octanol–water partition coefficient (Wildman–Crippen LogP) is 4.20. The molecule has 0 aliphatic heterocycles. The number of methoxy groups -OCH3 is 1. The van der Waals surface area contributed by atoms with Gasteiger partial charge in [-0.25, -0.2) is 0 Å². The van der Waals surface area contributed by atoms with Crippen LogP contribution in [-0.4, -0.2) is 19.1 Å². The van der Waals surface area contributed by atoms with Crippen molar-refractivity contribution in [2.75, 3.05) is 14.2 Å². The summed E-state index contributed by atoms with van der Waals surface area (Å²) in [4.78, 5) is 2.45. The second-order valence-electron chi connectivity index (χ2n) is 5.83. The third-order valence-electron chi connectivity index (χ3n) is 4.48. The molecule has 0 amide bonds. The van der Waals surface area contributed by atoms with Crippen molar-refractivity contribution in [3.05, 3.63) is 65.2 Å². The maximum atomic E-state index is 5.48. The Balaban J connectivity index is 1.82. The maximum Gasteiger partial charge on any atom is 0.123 e. The van der Waals surface area contributed by atoms with Crippen LogP contribution in [0.5, 0.6) is 5.75 Å². The van der Waals surface area contributed by atoms with Crippen molar-refractivity contribution < 1.29 is 4.74 Å². The molecule has 0 saturated carbocycles. The second-order valence-corrected chi connectivity index (χ2v) is 5.83. The molecular formula is C19H23NO. The Labute approximate surface area is 127 Å². The topological polar surface area (TPSA) is 12.5 Å². The monoisotopic (exact) mass is 281 g/mol. The van der Waals surface area contributed by atoms with Gasteiger partial charge in [-0.05, 0) is 43.5 Å². The van der Waals surface area contributed by atoms with Gasteiger partial charge in [-0.2, -0.15) is 0 Å². The maximum absolute atomic E-state index is 5.48. The Morgan fingerprint density at radius 3 is 2.71 bits per heavy atom. The summed E-state index contributed by atoms with van der Waals surface area (Å²) in [6.45, 7) is 0.920. The number of ether oxygens (including phenoxy) is 1. The third-order valence-corrected chi connectivity index (χ3v) is 4.48. The van der Waals surface area contributed by atoms with Crippen LogP contribution < -0.4 is 4.74 Å². The Morgan fingerprint density at radius 2 is 1.86 bits per heavy atom. The van der Waals surface area contributed by atoms with Gasteiger partial charge < -0.3 is 4.74 Å². The Morgan fingerprint density at radius 1 is 1.10 bits per heavy atom. The lowest BCUT2D eigenvalue weighted by molar-refractivity contribution is 0.211. The van der Waals surface area contributed by atoms with Gasteiger partial charge in [-0.1, -0.05) is 42.5 Å². The van der Waals surface area contributed by atoms with Crippen molar-refractivity contribution in [2.45, 2.75) is 31.8 Å². The summed E-state index contributed by atoms with van der Waals surface area (Å²) in [5.74, 6) is 0.980. The summed E-state index contributed by atoms with van der Waals surface area (Å²) < 4.78 is 5.48. The van der Waals surface area contributed by atoms with Gasteiger partial charge in [-0.15, -0.1) is 0 Å². The van der Waals surface area contributed by atoms with Crippen molar-refractivity contribution in [1.82, 2.24) is 4.90 Å². The molecule has 1 aliphatic rings. The second kappa shape index (κ2) is 6.31. The number of hydrogen-bond donors (Lipinski definition) is 0. The molecule has 2 nitrogen and oxygen atoms in total. The van der Waals surface area contributed by atoms with Crippen LogP contribution in [0.1, 0.15) is 35.6 Å². The van der Waals surface area contributed by atoms with Crippen molar-refractivity contribution in [3.63, 3.8) is 0 Å². The summed E-state index contributed by atoms with van der Waals surface area (Å²) in [6.07, 6.45) is 3.73. The van der Waals surface area contributed by atoms with Gasteiger partial charge in [0.2, 0.25) is 0 Å². The molecule has 2 heteroatoms. The number of para-hydroxylation sites is 1. The van der Waals surface area contributed by atoms with E-state index in [1.54, 1.807) is 7.11 Å². The van der Waals surface area contributed by atoms with Crippen LogP contribution in [0.3, 0.4) is 0 Å². The van der Waals surface area contributed by atoms with E-state index in [1.807, 2.05) is 12.1 Å². The molecule has 0 spiro atoms. The Bertz CT molecular complexity index is 608. The van der Waals surface area contributed by atoms with Crippen LogP contribution in [0.2, 0.25) is 0 Å². The number of hydrogen-bond acceptors (Lipinski definition) is 2. The van der Waals surface area contributed by atoms with Gasteiger partial charge >= 0.3 is 0 Å². The molecule has 1 atom stereocenters. The molecule has 0 heterocycles. The molecule has 0 aromatic heterocycles. The van der Waals surface area contributed by atoms with Crippen molar-refractivity contribution >= 4 is 0 Å². The van der Waals surface area contributed by atoms with Crippen LogP contribution >= 0.6 is 0 Å². The first kappa shape index (κ1) is 14.2. The zero-order chi connectivity index (χ0) is 14.7. The van der Waals surface area contributed by atoms with Crippen molar-refractivity contribution in [1.29, 1.82) is 0 Å². The molecule has 110 valence electrons. The van der Waals surface area contributed by atoms with E-state index in [1.165, 1.54) is 36.0 Å². The fraction of sp³-hybridized carbons (Fsp3) is 0.368. The molecule has 0 radical (unpaired) electrons. The predicted molar refractivity (Wildman–Crippen MR) is 86.6 cm³/mol. The van der Waals surface area contributed by atoms with Crippen LogP contribution in [0.15, 0.2) is 48.5 Å². The van der Waals surface area contributed by atoms with Crippen LogP contribution in [0, 0.1) is 0 Å². The van der Waals surface area contributed by atoms with E-state index in [2.05, 4.69) is 48.3 Å². The number of fused-ring (bicyclic) bond motifs is 1. The van der Waals surface area contributed by atoms with E-state index in [-0.39, 0.29) is 0 Å². The standard InChI is InChI=1S/C19H23NO/c1-20(14-16-9-4-6-13-19(16)21-2)18-12-7-10-15-8-3-5-11-17(15)18/h3-6,8-9,11,13,18H,7,10,12,14H2,1-2H3. The number of nitrogens with zero attached hydrogens (tertiary/aromatic N) is 1. The smallest absolute Gasteiger partial charge is 0.123 e. The van der Waals surface area contributed by atoms with Gasteiger partial charge in [0, 0.05) is 18.2 Å². The van der Waals surface area contributed by atoms with Crippen molar-refractivity contribution in [2.24, 2.45) is 0 Å². The van der Waals surface area contributed by atoms with Gasteiger partial charge in [0.25, 0.3) is 0 Å². The highest BCUT2D eigenvalue weighted by atomic mass is 16.5. The molecular weight excluding hydrogens is 258 g/mol. The molecule has 3 rings (SSSR count). The average molecular weight is 281 g/mol. The number of aryl methyl sites for hydroxylation is 1. The quantitative estimate of drug-likeness (QED) is 0.832. The molecule has 2 aromatic carbocycles. The molecule has 0 N–H and O–H groups in total. The average Bonchev–Trinajstić information content (AvgIpc) is 2.54. The van der Waals surface area contributed by atoms with Gasteiger partial charge in [0.05, 0.1) is 7.11 Å². The van der Waals surface area contributed by atoms with E-state index in [4.69, 9.17) is 4.74 Å². The van der Waals surface area contributed by atoms with Gasteiger partial charge in [0.15, 0.2) is 0 Å². The minimum Gasteiger partial charge on any atom is -0.496 e. The van der Waals surface area contributed by atoms with E-state index < -0.39 is 0 Å². The van der Waals surface area contributed by atoms with Crippen molar-refractivity contribution in [3.8, 4) is 5.75 Å². The highest BCUT2D eigenvalue weighted by molar-refractivity contribution is 5.35. The highest BCUT2D eigenvalue weighted by Gasteiger charge is 2.23. The Hall–Kier alpha value is -1.80. The molecule has 0 fully saturated rings. The number of benzene rings is 2. The first-order chi connectivity index (χ1) is 10.3. The molecule has 0 bridgehead atoms. The normalized spacial score (nSPS) is 17.6. The fourth-order valence-corrected chi connectivity index (χ4v) is 3.40. The minimum absolute atomic E-state index is 0.514. The first-order valence-electron chi connectivity index (χ1n) is 7.69. The third kappa shape index (κ3) is 2.96. The fourth-order valence-electron chi connectivity index (χ4n) is 3.40. The lowest BCUT2D eigenvalue weighted by Gasteiger charge is -2.33. The molecule has 0 saturated heterocycles. The van der Waals surface area contributed by atoms with E-state index in [0.29, 0.717) is 6.04 Å². The highest BCUT2D eigenvalue weighted by Crippen LogP contribution is 2.34. The van der Waals surface area contributed by atoms with E-state index in [9.17, 15) is 0 Å².